The summed E-state index contributed by atoms with van der Waals surface area (Å²) in [5.74, 6) is 0. The molecule has 3 aromatic rings. The Balaban J connectivity index is 1.70. The van der Waals surface area contributed by atoms with E-state index < -0.39 is 10.0 Å². The van der Waals surface area contributed by atoms with Crippen molar-refractivity contribution in [3.05, 3.63) is 64.8 Å². The van der Waals surface area contributed by atoms with Crippen LogP contribution in [-0.2, 0) is 16.4 Å². The average Bonchev–Trinajstić information content (AvgIpc) is 2.90. The number of sulfonamides is 1. The number of aryl methyl sites for hydroxylation is 1. The molecule has 0 bridgehead atoms. The molecule has 0 unspecified atom stereocenters. The Bertz CT molecular complexity index is 931. The van der Waals surface area contributed by atoms with Gasteiger partial charge < -0.3 is 4.98 Å². The average molecular weight is 349 g/mol. The van der Waals surface area contributed by atoms with Crippen LogP contribution in [0.2, 0.25) is 5.02 Å². The van der Waals surface area contributed by atoms with E-state index in [4.69, 9.17) is 11.6 Å². The third-order valence-electron chi connectivity index (χ3n) is 3.73. The number of fused-ring (bicyclic) bond motifs is 1. The minimum absolute atomic E-state index is 0.219. The van der Waals surface area contributed by atoms with Crippen molar-refractivity contribution in [3.63, 3.8) is 0 Å². The van der Waals surface area contributed by atoms with Gasteiger partial charge in [0.1, 0.15) is 0 Å². The monoisotopic (exact) mass is 348 g/mol. The molecule has 4 nitrogen and oxygen atoms in total. The largest absolute Gasteiger partial charge is 0.361 e. The first-order valence-electron chi connectivity index (χ1n) is 7.27. The number of aromatic amines is 1. The fourth-order valence-corrected chi connectivity index (χ4v) is 3.67. The molecule has 0 aliphatic carbocycles. The Morgan fingerprint density at radius 3 is 2.61 bits per heavy atom. The highest BCUT2D eigenvalue weighted by molar-refractivity contribution is 7.89. The number of rotatable bonds is 5. The van der Waals surface area contributed by atoms with Crippen molar-refractivity contribution in [2.75, 3.05) is 6.54 Å². The molecule has 0 radical (unpaired) electrons. The van der Waals surface area contributed by atoms with Crippen molar-refractivity contribution in [1.82, 2.24) is 9.71 Å². The van der Waals surface area contributed by atoms with E-state index in [0.29, 0.717) is 18.0 Å². The molecule has 0 atom stereocenters. The molecule has 0 fully saturated rings. The maximum atomic E-state index is 12.2. The normalized spacial score (nSPS) is 11.9. The van der Waals surface area contributed by atoms with Crippen LogP contribution in [0.5, 0.6) is 0 Å². The summed E-state index contributed by atoms with van der Waals surface area (Å²) in [6.45, 7) is 2.38. The smallest absolute Gasteiger partial charge is 0.240 e. The predicted octanol–water partition coefficient (Wildman–Crippen LogP) is 3.65. The van der Waals surface area contributed by atoms with Gasteiger partial charge in [0.05, 0.1) is 4.90 Å². The molecule has 23 heavy (non-hydrogen) atoms. The quantitative estimate of drug-likeness (QED) is 0.739. The van der Waals surface area contributed by atoms with E-state index in [2.05, 4.69) is 15.8 Å². The van der Waals surface area contributed by atoms with Gasteiger partial charge in [0.25, 0.3) is 0 Å². The Kier molecular flexibility index (Phi) is 4.43. The van der Waals surface area contributed by atoms with E-state index in [9.17, 15) is 8.42 Å². The van der Waals surface area contributed by atoms with Gasteiger partial charge in [-0.25, -0.2) is 13.1 Å². The van der Waals surface area contributed by atoms with Crippen molar-refractivity contribution in [2.45, 2.75) is 18.2 Å². The zero-order valence-electron chi connectivity index (χ0n) is 12.6. The van der Waals surface area contributed by atoms with Gasteiger partial charge in [0.2, 0.25) is 10.0 Å². The van der Waals surface area contributed by atoms with Gasteiger partial charge in [0, 0.05) is 28.7 Å². The fourth-order valence-electron chi connectivity index (χ4n) is 2.52. The summed E-state index contributed by atoms with van der Waals surface area (Å²) in [7, 11) is -3.51. The van der Waals surface area contributed by atoms with Crippen LogP contribution in [0.1, 0.15) is 11.1 Å². The lowest BCUT2D eigenvalue weighted by atomic mass is 10.1. The summed E-state index contributed by atoms with van der Waals surface area (Å²) < 4.78 is 27.1. The minimum Gasteiger partial charge on any atom is -0.361 e. The standard InChI is InChI=1S/C17H17ClN2O2S/c1-12-2-7-17-16(10-12)13(11-19-17)8-9-20-23(21,22)15-5-3-14(18)4-6-15/h2-7,10-11,19-20H,8-9H2,1H3. The number of nitrogens with one attached hydrogen (secondary N) is 2. The van der Waals surface area contributed by atoms with Crippen LogP contribution in [-0.4, -0.2) is 19.9 Å². The number of hydrogen-bond acceptors (Lipinski definition) is 2. The second kappa shape index (κ2) is 6.35. The first-order chi connectivity index (χ1) is 11.0. The Hall–Kier alpha value is -1.82. The first-order valence-corrected chi connectivity index (χ1v) is 9.14. The van der Waals surface area contributed by atoms with Gasteiger partial charge >= 0.3 is 0 Å². The van der Waals surface area contributed by atoms with Crippen LogP contribution < -0.4 is 4.72 Å². The molecule has 3 rings (SSSR count). The van der Waals surface area contributed by atoms with Gasteiger partial charge in [-0.05, 0) is 55.3 Å². The first kappa shape index (κ1) is 16.1. The molecule has 1 aromatic heterocycles. The van der Waals surface area contributed by atoms with E-state index in [1.807, 2.05) is 25.3 Å². The maximum absolute atomic E-state index is 12.2. The molecule has 2 N–H and O–H groups in total. The van der Waals surface area contributed by atoms with Crippen LogP contribution in [0.4, 0.5) is 0 Å². The van der Waals surface area contributed by atoms with Crippen LogP contribution in [0.3, 0.4) is 0 Å². The zero-order valence-corrected chi connectivity index (χ0v) is 14.2. The van der Waals surface area contributed by atoms with Crippen LogP contribution in [0, 0.1) is 6.92 Å². The van der Waals surface area contributed by atoms with Crippen LogP contribution in [0.25, 0.3) is 10.9 Å². The van der Waals surface area contributed by atoms with Crippen LogP contribution >= 0.6 is 11.6 Å². The number of hydrogen-bond donors (Lipinski definition) is 2. The Morgan fingerprint density at radius 2 is 1.87 bits per heavy atom. The van der Waals surface area contributed by atoms with Gasteiger partial charge in [-0.3, -0.25) is 0 Å². The number of benzene rings is 2. The van der Waals surface area contributed by atoms with Crippen molar-refractivity contribution in [2.24, 2.45) is 0 Å². The van der Waals surface area contributed by atoms with Gasteiger partial charge in [-0.15, -0.1) is 0 Å². The topological polar surface area (TPSA) is 62.0 Å². The fraction of sp³-hybridized carbons (Fsp3) is 0.176. The van der Waals surface area contributed by atoms with Gasteiger partial charge in [-0.2, -0.15) is 0 Å². The molecule has 120 valence electrons. The molecule has 0 aliphatic rings. The molecule has 1 heterocycles. The number of H-pyrrole nitrogens is 1. The van der Waals surface area contributed by atoms with Crippen molar-refractivity contribution in [3.8, 4) is 0 Å². The molecule has 0 saturated carbocycles. The second-order valence-electron chi connectivity index (χ2n) is 5.46. The van der Waals surface area contributed by atoms with Crippen LogP contribution in [0.15, 0.2) is 53.6 Å². The number of halogens is 1. The highest BCUT2D eigenvalue weighted by atomic mass is 35.5. The molecular weight excluding hydrogens is 332 g/mol. The highest BCUT2D eigenvalue weighted by Crippen LogP contribution is 2.20. The van der Waals surface area contributed by atoms with Gasteiger partial charge in [-0.1, -0.05) is 23.2 Å². The molecule has 0 saturated heterocycles. The molecule has 6 heteroatoms. The third kappa shape index (κ3) is 3.58. The van der Waals surface area contributed by atoms with Crippen molar-refractivity contribution in [1.29, 1.82) is 0 Å². The summed E-state index contributed by atoms with van der Waals surface area (Å²) in [5, 5.41) is 1.65. The second-order valence-corrected chi connectivity index (χ2v) is 7.67. The zero-order chi connectivity index (χ0) is 16.4. The lowest BCUT2D eigenvalue weighted by Crippen LogP contribution is -2.25. The predicted molar refractivity (Wildman–Crippen MR) is 93.4 cm³/mol. The number of aromatic nitrogens is 1. The van der Waals surface area contributed by atoms with Crippen molar-refractivity contribution < 1.29 is 8.42 Å². The SMILES string of the molecule is Cc1ccc2[nH]cc(CCNS(=O)(=O)c3ccc(Cl)cc3)c2c1. The molecule has 0 amide bonds. The summed E-state index contributed by atoms with van der Waals surface area (Å²) in [6.07, 6.45) is 2.55. The molecular formula is C17H17ClN2O2S. The molecule has 0 aliphatic heterocycles. The van der Waals surface area contributed by atoms with E-state index in [-0.39, 0.29) is 4.90 Å². The minimum atomic E-state index is -3.51. The lowest BCUT2D eigenvalue weighted by Gasteiger charge is -2.06. The summed E-state index contributed by atoms with van der Waals surface area (Å²) in [4.78, 5) is 3.43. The van der Waals surface area contributed by atoms with E-state index in [0.717, 1.165) is 16.5 Å². The van der Waals surface area contributed by atoms with Crippen molar-refractivity contribution >= 4 is 32.5 Å². The highest BCUT2D eigenvalue weighted by Gasteiger charge is 2.13. The molecule has 0 spiro atoms. The Morgan fingerprint density at radius 1 is 1.13 bits per heavy atom. The summed E-state index contributed by atoms with van der Waals surface area (Å²) in [5.41, 5.74) is 3.34. The maximum Gasteiger partial charge on any atom is 0.240 e. The Labute approximate surface area is 140 Å². The third-order valence-corrected chi connectivity index (χ3v) is 5.46. The lowest BCUT2D eigenvalue weighted by molar-refractivity contribution is 0.581. The van der Waals surface area contributed by atoms with E-state index in [1.165, 1.54) is 17.7 Å². The van der Waals surface area contributed by atoms with Gasteiger partial charge in [0.15, 0.2) is 0 Å². The van der Waals surface area contributed by atoms with E-state index >= 15 is 0 Å². The summed E-state index contributed by atoms with van der Waals surface area (Å²) in [6, 6.07) is 12.3. The molecule has 2 aromatic carbocycles. The summed E-state index contributed by atoms with van der Waals surface area (Å²) >= 11 is 5.78. The van der Waals surface area contributed by atoms with E-state index in [1.54, 1.807) is 12.1 Å².